The molecule has 0 aromatic heterocycles. The number of hydrogen-bond acceptors (Lipinski definition) is 4. The summed E-state index contributed by atoms with van der Waals surface area (Å²) in [4.78, 5) is 0. The van der Waals surface area contributed by atoms with Gasteiger partial charge in [0.2, 0.25) is 10.0 Å². The van der Waals surface area contributed by atoms with E-state index in [4.69, 9.17) is 21.1 Å². The predicted octanol–water partition coefficient (Wildman–Crippen LogP) is 2.67. The van der Waals surface area contributed by atoms with Gasteiger partial charge in [0.05, 0.1) is 17.9 Å². The number of sulfonamides is 1. The fourth-order valence-corrected chi connectivity index (χ4v) is 2.05. The maximum atomic E-state index is 12.7. The number of ether oxygens (including phenoxy) is 2. The van der Waals surface area contributed by atoms with Gasteiger partial charge in [-0.05, 0) is 18.2 Å². The number of alkyl halides is 4. The maximum Gasteiger partial charge on any atom is 0.416 e. The van der Waals surface area contributed by atoms with E-state index in [0.717, 1.165) is 12.1 Å². The zero-order valence-corrected chi connectivity index (χ0v) is 12.5. The number of methoxy groups -OCH3 is 1. The van der Waals surface area contributed by atoms with Crippen molar-refractivity contribution < 1.29 is 31.1 Å². The van der Waals surface area contributed by atoms with Crippen LogP contribution in [0.4, 0.5) is 18.9 Å². The molecule has 0 spiro atoms. The lowest BCUT2D eigenvalue weighted by molar-refractivity contribution is -0.137. The molecule has 0 atom stereocenters. The molecule has 0 heterocycles. The zero-order chi connectivity index (χ0) is 16.1. The van der Waals surface area contributed by atoms with Crippen molar-refractivity contribution >= 4 is 27.3 Å². The minimum Gasteiger partial charge on any atom is -0.489 e. The maximum absolute atomic E-state index is 12.7. The highest BCUT2D eigenvalue weighted by molar-refractivity contribution is 7.93. The van der Waals surface area contributed by atoms with E-state index in [9.17, 15) is 21.6 Å². The van der Waals surface area contributed by atoms with Gasteiger partial charge >= 0.3 is 6.18 Å². The molecule has 120 valence electrons. The van der Waals surface area contributed by atoms with Crippen LogP contribution in [0, 0.1) is 0 Å². The van der Waals surface area contributed by atoms with Crippen molar-refractivity contribution in [3.8, 4) is 5.75 Å². The topological polar surface area (TPSA) is 64.6 Å². The Kier molecular flexibility index (Phi) is 6.11. The Hall–Kier alpha value is -1.19. The van der Waals surface area contributed by atoms with Crippen LogP contribution in [-0.4, -0.2) is 34.0 Å². The Balaban J connectivity index is 3.12. The van der Waals surface area contributed by atoms with Crippen LogP contribution in [0.1, 0.15) is 5.56 Å². The second-order valence-electron chi connectivity index (χ2n) is 3.88. The highest BCUT2D eigenvalue weighted by atomic mass is 35.5. The second kappa shape index (κ2) is 7.19. The van der Waals surface area contributed by atoms with Crippen LogP contribution < -0.4 is 9.46 Å². The average molecular weight is 348 g/mol. The quantitative estimate of drug-likeness (QED) is 0.608. The largest absolute Gasteiger partial charge is 0.489 e. The van der Waals surface area contributed by atoms with Crippen LogP contribution in [0.15, 0.2) is 18.2 Å². The van der Waals surface area contributed by atoms with E-state index in [1.165, 1.54) is 7.11 Å². The summed E-state index contributed by atoms with van der Waals surface area (Å²) in [6.07, 6.45) is -4.60. The Morgan fingerprint density at radius 1 is 1.29 bits per heavy atom. The summed E-state index contributed by atoms with van der Waals surface area (Å²) in [5.41, 5.74) is -1.34. The van der Waals surface area contributed by atoms with E-state index < -0.39 is 27.0 Å². The van der Waals surface area contributed by atoms with Crippen molar-refractivity contribution in [3.05, 3.63) is 23.8 Å². The molecule has 0 bridgehead atoms. The van der Waals surface area contributed by atoms with Crippen LogP contribution in [0.5, 0.6) is 5.75 Å². The van der Waals surface area contributed by atoms with Gasteiger partial charge in [-0.1, -0.05) is 0 Å². The summed E-state index contributed by atoms with van der Waals surface area (Å²) >= 11 is 5.22. The smallest absolute Gasteiger partial charge is 0.416 e. The van der Waals surface area contributed by atoms with Crippen molar-refractivity contribution in [1.82, 2.24) is 0 Å². The van der Waals surface area contributed by atoms with Crippen molar-refractivity contribution in [2.45, 2.75) is 6.18 Å². The first-order valence-electron chi connectivity index (χ1n) is 5.59. The average Bonchev–Trinajstić information content (AvgIpc) is 2.39. The number of anilines is 1. The summed E-state index contributed by atoms with van der Waals surface area (Å²) in [5.74, 6) is -0.0475. The first kappa shape index (κ1) is 17.9. The van der Waals surface area contributed by atoms with E-state index in [0.29, 0.717) is 6.07 Å². The Morgan fingerprint density at radius 3 is 2.48 bits per heavy atom. The van der Waals surface area contributed by atoms with Crippen LogP contribution in [0.3, 0.4) is 0 Å². The lowest BCUT2D eigenvalue weighted by atomic mass is 10.2. The first-order chi connectivity index (χ1) is 9.69. The van der Waals surface area contributed by atoms with Crippen LogP contribution in [0.2, 0.25) is 0 Å². The van der Waals surface area contributed by atoms with Gasteiger partial charge in [0, 0.05) is 7.11 Å². The molecule has 0 fully saturated rings. The number of benzene rings is 1. The van der Waals surface area contributed by atoms with E-state index in [1.54, 1.807) is 0 Å². The minimum absolute atomic E-state index is 0.0475. The molecule has 0 aliphatic heterocycles. The summed E-state index contributed by atoms with van der Waals surface area (Å²) in [7, 11) is -2.53. The van der Waals surface area contributed by atoms with Crippen molar-refractivity contribution in [2.75, 3.05) is 30.3 Å². The molecular formula is C11H13ClF3NO4S. The highest BCUT2D eigenvalue weighted by Gasteiger charge is 2.31. The standard InChI is InChI=1S/C11H13ClF3NO4S/c1-19-4-5-20-10-3-2-8(11(13,14)15)6-9(10)16-21(17,18)7-12/h2-3,6,16H,4-5,7H2,1H3. The fourth-order valence-electron chi connectivity index (χ4n) is 1.34. The third kappa shape index (κ3) is 5.60. The number of rotatable bonds is 7. The first-order valence-corrected chi connectivity index (χ1v) is 7.77. The second-order valence-corrected chi connectivity index (χ2v) is 6.18. The molecule has 0 saturated heterocycles. The van der Waals surface area contributed by atoms with Gasteiger partial charge in [-0.25, -0.2) is 8.42 Å². The molecule has 0 aliphatic carbocycles. The normalized spacial score (nSPS) is 12.2. The SMILES string of the molecule is COCCOc1ccc(C(F)(F)F)cc1NS(=O)(=O)CCl. The van der Waals surface area contributed by atoms with Crippen molar-refractivity contribution in [3.63, 3.8) is 0 Å². The molecule has 21 heavy (non-hydrogen) atoms. The monoisotopic (exact) mass is 347 g/mol. The minimum atomic E-state index is -4.60. The lowest BCUT2D eigenvalue weighted by Gasteiger charge is -2.15. The summed E-state index contributed by atoms with van der Waals surface area (Å²) in [5, 5.41) is -0.791. The van der Waals surface area contributed by atoms with Crippen LogP contribution in [-0.2, 0) is 20.9 Å². The molecule has 0 unspecified atom stereocenters. The Morgan fingerprint density at radius 2 is 1.95 bits per heavy atom. The Bertz CT molecular complexity index is 577. The fraction of sp³-hybridized carbons (Fsp3) is 0.455. The van der Waals surface area contributed by atoms with E-state index in [1.807, 2.05) is 4.72 Å². The number of hydrogen-bond donors (Lipinski definition) is 1. The molecular weight excluding hydrogens is 335 g/mol. The van der Waals surface area contributed by atoms with Gasteiger partial charge in [-0.3, -0.25) is 4.72 Å². The molecule has 1 N–H and O–H groups in total. The van der Waals surface area contributed by atoms with Gasteiger partial charge in [-0.2, -0.15) is 13.2 Å². The molecule has 1 rings (SSSR count). The predicted molar refractivity (Wildman–Crippen MR) is 72.1 cm³/mol. The third-order valence-corrected chi connectivity index (χ3v) is 3.94. The van der Waals surface area contributed by atoms with Crippen LogP contribution >= 0.6 is 11.6 Å². The molecule has 1 aromatic rings. The highest BCUT2D eigenvalue weighted by Crippen LogP contribution is 2.35. The summed E-state index contributed by atoms with van der Waals surface area (Å²) in [6, 6.07) is 2.47. The van der Waals surface area contributed by atoms with Gasteiger partial charge < -0.3 is 9.47 Å². The summed E-state index contributed by atoms with van der Waals surface area (Å²) in [6.45, 7) is 0.250. The number of nitrogens with one attached hydrogen (secondary N) is 1. The Labute approximate surface area is 125 Å². The summed E-state index contributed by atoms with van der Waals surface area (Å²) < 4.78 is 72.6. The van der Waals surface area contributed by atoms with Crippen LogP contribution in [0.25, 0.3) is 0 Å². The van der Waals surface area contributed by atoms with E-state index in [-0.39, 0.29) is 24.7 Å². The van der Waals surface area contributed by atoms with Gasteiger partial charge in [-0.15, -0.1) is 11.6 Å². The number of halogens is 4. The van der Waals surface area contributed by atoms with Crippen molar-refractivity contribution in [2.24, 2.45) is 0 Å². The molecule has 1 aromatic carbocycles. The molecule has 0 amide bonds. The third-order valence-electron chi connectivity index (χ3n) is 2.26. The van der Waals surface area contributed by atoms with Gasteiger partial charge in [0.15, 0.2) is 0 Å². The van der Waals surface area contributed by atoms with Gasteiger partial charge in [0.1, 0.15) is 17.6 Å². The molecule has 10 heteroatoms. The zero-order valence-electron chi connectivity index (χ0n) is 10.9. The molecule has 5 nitrogen and oxygen atoms in total. The molecule has 0 aliphatic rings. The molecule has 0 radical (unpaired) electrons. The van der Waals surface area contributed by atoms with Gasteiger partial charge in [0.25, 0.3) is 0 Å². The van der Waals surface area contributed by atoms with Crippen molar-refractivity contribution in [1.29, 1.82) is 0 Å². The lowest BCUT2D eigenvalue weighted by Crippen LogP contribution is -2.16. The molecule has 0 saturated carbocycles. The van der Waals surface area contributed by atoms with E-state index in [2.05, 4.69) is 0 Å². The van der Waals surface area contributed by atoms with E-state index >= 15 is 0 Å².